The Hall–Kier alpha value is -2.03. The van der Waals surface area contributed by atoms with E-state index in [9.17, 15) is 0 Å². The first-order chi connectivity index (χ1) is 12.0. The van der Waals surface area contributed by atoms with Crippen LogP contribution in [0.4, 0.5) is 0 Å². The zero-order chi connectivity index (χ0) is 17.4. The highest BCUT2D eigenvalue weighted by molar-refractivity contribution is 6.76. The average molecular weight is 357 g/mol. The second-order valence-electron chi connectivity index (χ2n) is 7.68. The van der Waals surface area contributed by atoms with Gasteiger partial charge in [-0.25, -0.2) is 9.97 Å². The Morgan fingerprint density at radius 3 is 3.00 bits per heavy atom. The van der Waals surface area contributed by atoms with Gasteiger partial charge in [0.2, 0.25) is 0 Å². The molecule has 0 aliphatic carbocycles. The molecule has 132 valence electrons. The number of aromatic amines is 1. The molecule has 0 fully saturated rings. The van der Waals surface area contributed by atoms with E-state index in [1.807, 2.05) is 12.1 Å². The van der Waals surface area contributed by atoms with Crippen molar-refractivity contribution in [2.24, 2.45) is 0 Å². The molecule has 0 amide bonds. The molecule has 4 heterocycles. The van der Waals surface area contributed by atoms with Crippen LogP contribution in [-0.4, -0.2) is 39.4 Å². The van der Waals surface area contributed by atoms with Gasteiger partial charge in [0, 0.05) is 34.0 Å². The van der Waals surface area contributed by atoms with Crippen LogP contribution in [0.3, 0.4) is 0 Å². The topological polar surface area (TPSA) is 80.7 Å². The normalized spacial score (nSPS) is 14.4. The van der Waals surface area contributed by atoms with Gasteiger partial charge in [0.15, 0.2) is 11.5 Å². The summed E-state index contributed by atoms with van der Waals surface area (Å²) in [6.07, 6.45) is 1.76. The molecule has 3 aromatic heterocycles. The molecule has 3 aromatic rings. The van der Waals surface area contributed by atoms with Crippen LogP contribution in [-0.2, 0) is 24.6 Å². The Morgan fingerprint density at radius 2 is 2.16 bits per heavy atom. The van der Waals surface area contributed by atoms with Crippen LogP contribution >= 0.6 is 0 Å². The van der Waals surface area contributed by atoms with E-state index in [1.165, 1.54) is 5.69 Å². The van der Waals surface area contributed by atoms with E-state index in [1.54, 1.807) is 6.20 Å². The fraction of sp³-hybridized carbons (Fsp3) is 0.471. The van der Waals surface area contributed by atoms with Crippen molar-refractivity contribution in [3.63, 3.8) is 0 Å². The Balaban J connectivity index is 1.64. The van der Waals surface area contributed by atoms with Crippen molar-refractivity contribution in [1.82, 2.24) is 30.0 Å². The van der Waals surface area contributed by atoms with Gasteiger partial charge in [0.25, 0.3) is 0 Å². The zero-order valence-corrected chi connectivity index (χ0v) is 16.0. The number of nitrogens with one attached hydrogen (secondary N) is 2. The quantitative estimate of drug-likeness (QED) is 0.524. The summed E-state index contributed by atoms with van der Waals surface area (Å²) < 4.78 is 8.16. The number of H-pyrrole nitrogens is 1. The van der Waals surface area contributed by atoms with Crippen LogP contribution < -0.4 is 5.32 Å². The maximum absolute atomic E-state index is 6.01. The van der Waals surface area contributed by atoms with Gasteiger partial charge in [-0.3, -0.25) is 5.10 Å². The van der Waals surface area contributed by atoms with Crippen LogP contribution in [0.5, 0.6) is 0 Å². The number of ether oxygens (including phenoxy) is 1. The van der Waals surface area contributed by atoms with Crippen molar-refractivity contribution >= 4 is 19.1 Å². The van der Waals surface area contributed by atoms with Gasteiger partial charge >= 0.3 is 0 Å². The number of imidazole rings is 1. The summed E-state index contributed by atoms with van der Waals surface area (Å²) in [5.41, 5.74) is 3.91. The monoisotopic (exact) mass is 356 g/mol. The minimum absolute atomic E-state index is 0.512. The molecular weight excluding hydrogens is 332 g/mol. The van der Waals surface area contributed by atoms with E-state index < -0.39 is 8.07 Å². The number of nitrogens with zero attached hydrogens (tertiary/aromatic N) is 4. The lowest BCUT2D eigenvalue weighted by molar-refractivity contribution is 0.0864. The third-order valence-corrected chi connectivity index (χ3v) is 6.21. The smallest absolute Gasteiger partial charge is 0.163 e. The van der Waals surface area contributed by atoms with E-state index in [0.717, 1.165) is 54.0 Å². The molecule has 0 atom stereocenters. The van der Waals surface area contributed by atoms with Crippen LogP contribution in [0.2, 0.25) is 25.7 Å². The molecule has 2 N–H and O–H groups in total. The lowest BCUT2D eigenvalue weighted by Crippen LogP contribution is -2.22. The predicted octanol–water partition coefficient (Wildman–Crippen LogP) is 2.74. The fourth-order valence-electron chi connectivity index (χ4n) is 3.05. The third-order valence-electron chi connectivity index (χ3n) is 4.51. The molecule has 7 nitrogen and oxygen atoms in total. The van der Waals surface area contributed by atoms with Gasteiger partial charge in [-0.2, -0.15) is 5.10 Å². The number of aromatic nitrogens is 5. The minimum atomic E-state index is -1.09. The molecule has 0 saturated carbocycles. The van der Waals surface area contributed by atoms with Crippen LogP contribution in [0.25, 0.3) is 22.6 Å². The van der Waals surface area contributed by atoms with Crippen molar-refractivity contribution < 1.29 is 4.74 Å². The van der Waals surface area contributed by atoms with Crippen molar-refractivity contribution in [1.29, 1.82) is 0 Å². The van der Waals surface area contributed by atoms with Crippen molar-refractivity contribution in [3.05, 3.63) is 29.7 Å². The number of hydrogen-bond acceptors (Lipinski definition) is 5. The zero-order valence-electron chi connectivity index (χ0n) is 15.0. The maximum atomic E-state index is 6.01. The van der Waals surface area contributed by atoms with E-state index in [0.29, 0.717) is 6.73 Å². The van der Waals surface area contributed by atoms with Gasteiger partial charge in [-0.15, -0.1) is 0 Å². The number of pyridine rings is 1. The number of hydrogen-bond donors (Lipinski definition) is 2. The highest BCUT2D eigenvalue weighted by Crippen LogP contribution is 2.28. The summed E-state index contributed by atoms with van der Waals surface area (Å²) in [7, 11) is -1.09. The summed E-state index contributed by atoms with van der Waals surface area (Å²) in [4.78, 5) is 9.16. The largest absolute Gasteiger partial charge is 0.361 e. The SMILES string of the molecule is C[Si](C)(C)CCOCn1c(-c2n[nH]c3ncccc23)nc2c1CNC2. The first-order valence-corrected chi connectivity index (χ1v) is 12.4. The third kappa shape index (κ3) is 3.24. The molecular formula is C17H24N6OSi. The first-order valence-electron chi connectivity index (χ1n) is 8.69. The second kappa shape index (κ2) is 6.36. The Kier molecular flexibility index (Phi) is 4.18. The summed E-state index contributed by atoms with van der Waals surface area (Å²) in [6, 6.07) is 5.11. The van der Waals surface area contributed by atoms with Crippen molar-refractivity contribution in [2.45, 2.75) is 45.5 Å². The molecule has 8 heteroatoms. The lowest BCUT2D eigenvalue weighted by Gasteiger charge is -2.16. The van der Waals surface area contributed by atoms with E-state index in [4.69, 9.17) is 9.72 Å². The molecule has 0 unspecified atom stereocenters. The van der Waals surface area contributed by atoms with Crippen LogP contribution in [0.15, 0.2) is 18.3 Å². The number of rotatable bonds is 6. The van der Waals surface area contributed by atoms with Crippen molar-refractivity contribution in [2.75, 3.05) is 6.61 Å². The lowest BCUT2D eigenvalue weighted by atomic mass is 10.2. The highest BCUT2D eigenvalue weighted by atomic mass is 28.3. The molecule has 0 aromatic carbocycles. The van der Waals surface area contributed by atoms with Crippen LogP contribution in [0, 0.1) is 0 Å². The predicted molar refractivity (Wildman–Crippen MR) is 99.8 cm³/mol. The van der Waals surface area contributed by atoms with Gasteiger partial charge in [0.1, 0.15) is 12.4 Å². The highest BCUT2D eigenvalue weighted by Gasteiger charge is 2.24. The number of fused-ring (bicyclic) bond motifs is 2. The average Bonchev–Trinajstić information content (AvgIpc) is 3.25. The van der Waals surface area contributed by atoms with Gasteiger partial charge in [-0.05, 0) is 18.2 Å². The maximum Gasteiger partial charge on any atom is 0.163 e. The molecule has 25 heavy (non-hydrogen) atoms. The summed E-state index contributed by atoms with van der Waals surface area (Å²) in [6.45, 7) is 10.0. The molecule has 0 spiro atoms. The fourth-order valence-corrected chi connectivity index (χ4v) is 3.81. The van der Waals surface area contributed by atoms with E-state index in [-0.39, 0.29) is 0 Å². The molecule has 1 aliphatic heterocycles. The van der Waals surface area contributed by atoms with Crippen LogP contribution in [0.1, 0.15) is 11.4 Å². The molecule has 4 rings (SSSR count). The first kappa shape index (κ1) is 16.4. The summed E-state index contributed by atoms with van der Waals surface area (Å²) >= 11 is 0. The van der Waals surface area contributed by atoms with Crippen molar-refractivity contribution in [3.8, 4) is 11.5 Å². The molecule has 1 aliphatic rings. The van der Waals surface area contributed by atoms with Gasteiger partial charge < -0.3 is 14.6 Å². The van der Waals surface area contributed by atoms with E-state index in [2.05, 4.69) is 44.7 Å². The van der Waals surface area contributed by atoms with Gasteiger partial charge in [0.05, 0.1) is 16.8 Å². The Morgan fingerprint density at radius 1 is 1.28 bits per heavy atom. The van der Waals surface area contributed by atoms with Gasteiger partial charge in [-0.1, -0.05) is 19.6 Å². The molecule has 0 bridgehead atoms. The summed E-state index contributed by atoms with van der Waals surface area (Å²) in [5.74, 6) is 0.860. The molecule has 0 radical (unpaired) electrons. The Labute approximate surface area is 147 Å². The molecule has 0 saturated heterocycles. The second-order valence-corrected chi connectivity index (χ2v) is 13.3. The standard InChI is InChI=1S/C17H24N6OSi/c1-25(2,3)8-7-24-11-23-14-10-18-9-13(14)20-17(23)15-12-5-4-6-19-16(12)22-21-15/h4-6,18H,7-11H2,1-3H3,(H,19,21,22). The Bertz CT molecular complexity index is 894. The van der Waals surface area contributed by atoms with E-state index >= 15 is 0 Å². The minimum Gasteiger partial charge on any atom is -0.361 e. The summed E-state index contributed by atoms with van der Waals surface area (Å²) in [5, 5.41) is 11.8.